The highest BCUT2D eigenvalue weighted by molar-refractivity contribution is 6.33. The molecular formula is C34H20Cl2F4N10O4. The van der Waals surface area contributed by atoms with E-state index < -0.39 is 39.2 Å². The molecule has 0 amide bonds. The number of nitrogens with one attached hydrogen (secondary N) is 1. The van der Waals surface area contributed by atoms with Gasteiger partial charge in [-0.1, -0.05) is 69.9 Å². The fourth-order valence-corrected chi connectivity index (χ4v) is 5.44. The number of H-pyrrole nitrogens is 1. The van der Waals surface area contributed by atoms with E-state index >= 15 is 0 Å². The SMILES string of the molecule is Fc1ccccc1Cn1nc(-c2nc(Cl)c(F)c(Cl)n2)cc1-c1ccon1.O=c1[nH]c(-c2cc(-c3ccon3)n(Cc3ccccc3F)n2)nc(O)c1F. The summed E-state index contributed by atoms with van der Waals surface area (Å²) in [5, 5.41) is 25.0. The molecule has 0 aliphatic heterocycles. The van der Waals surface area contributed by atoms with Crippen molar-refractivity contribution in [3.63, 3.8) is 0 Å². The van der Waals surface area contributed by atoms with Crippen LogP contribution >= 0.6 is 23.2 Å². The maximum Gasteiger partial charge on any atom is 0.291 e. The highest BCUT2D eigenvalue weighted by Crippen LogP contribution is 2.29. The van der Waals surface area contributed by atoms with Crippen molar-refractivity contribution in [3.05, 3.63) is 140 Å². The fourth-order valence-electron chi connectivity index (χ4n) is 5.05. The lowest BCUT2D eigenvalue weighted by Gasteiger charge is -2.06. The maximum atomic E-state index is 14.1. The largest absolute Gasteiger partial charge is 0.491 e. The molecule has 20 heteroatoms. The Balaban J connectivity index is 0.000000167. The first-order valence-electron chi connectivity index (χ1n) is 15.4. The van der Waals surface area contributed by atoms with E-state index in [1.165, 1.54) is 40.1 Å². The normalized spacial score (nSPS) is 11.1. The van der Waals surface area contributed by atoms with E-state index in [-0.39, 0.29) is 41.9 Å². The van der Waals surface area contributed by atoms with Crippen LogP contribution < -0.4 is 5.56 Å². The second-order valence-corrected chi connectivity index (χ2v) is 11.8. The number of benzene rings is 2. The van der Waals surface area contributed by atoms with Crippen LogP contribution in [0.2, 0.25) is 10.3 Å². The summed E-state index contributed by atoms with van der Waals surface area (Å²) >= 11 is 11.5. The molecule has 6 aromatic heterocycles. The van der Waals surface area contributed by atoms with Crippen molar-refractivity contribution >= 4 is 23.2 Å². The van der Waals surface area contributed by atoms with Gasteiger partial charge in [-0.15, -0.1) is 0 Å². The molecule has 14 nitrogen and oxygen atoms in total. The fraction of sp³-hybridized carbons (Fsp3) is 0.0588. The minimum absolute atomic E-state index is 0.0310. The van der Waals surface area contributed by atoms with E-state index in [0.717, 1.165) is 0 Å². The van der Waals surface area contributed by atoms with Crippen LogP contribution in [0.25, 0.3) is 45.8 Å². The summed E-state index contributed by atoms with van der Waals surface area (Å²) in [6, 6.07) is 18.8. The van der Waals surface area contributed by atoms with Crippen LogP contribution in [-0.4, -0.2) is 54.9 Å². The van der Waals surface area contributed by atoms with E-state index in [1.54, 1.807) is 54.6 Å². The molecule has 0 spiro atoms. The lowest BCUT2D eigenvalue weighted by atomic mass is 10.2. The summed E-state index contributed by atoms with van der Waals surface area (Å²) in [6.45, 7) is 0.184. The van der Waals surface area contributed by atoms with Gasteiger partial charge in [0.25, 0.3) is 11.4 Å². The van der Waals surface area contributed by atoms with Gasteiger partial charge in [0.1, 0.15) is 46.9 Å². The molecule has 0 atom stereocenters. The van der Waals surface area contributed by atoms with Crippen LogP contribution in [0, 0.1) is 23.3 Å². The van der Waals surface area contributed by atoms with Crippen LogP contribution in [0.3, 0.4) is 0 Å². The molecule has 0 fully saturated rings. The topological polar surface area (TPSA) is 179 Å². The number of aromatic amines is 1. The zero-order chi connectivity index (χ0) is 37.9. The Kier molecular flexibility index (Phi) is 10.0. The van der Waals surface area contributed by atoms with Gasteiger partial charge in [-0.25, -0.2) is 23.1 Å². The maximum absolute atomic E-state index is 14.1. The lowest BCUT2D eigenvalue weighted by molar-refractivity contribution is 0.405. The molecule has 2 N–H and O–H groups in total. The number of halogens is 6. The van der Waals surface area contributed by atoms with Crippen LogP contribution in [0.4, 0.5) is 17.6 Å². The molecule has 8 rings (SSSR count). The van der Waals surface area contributed by atoms with Crippen LogP contribution in [-0.2, 0) is 13.1 Å². The van der Waals surface area contributed by atoms with E-state index in [9.17, 15) is 27.5 Å². The predicted octanol–water partition coefficient (Wildman–Crippen LogP) is 6.95. The summed E-state index contributed by atoms with van der Waals surface area (Å²) < 4.78 is 67.6. The molecule has 2 aromatic carbocycles. The van der Waals surface area contributed by atoms with Gasteiger partial charge in [0.2, 0.25) is 5.82 Å². The van der Waals surface area contributed by atoms with Gasteiger partial charge in [0.15, 0.2) is 27.8 Å². The molecule has 0 unspecified atom stereocenters. The lowest BCUT2D eigenvalue weighted by Crippen LogP contribution is -2.13. The summed E-state index contributed by atoms with van der Waals surface area (Å²) in [7, 11) is 0. The molecule has 0 bridgehead atoms. The number of hydrogen-bond acceptors (Lipinski definition) is 11. The molecule has 0 saturated carbocycles. The smallest absolute Gasteiger partial charge is 0.291 e. The highest BCUT2D eigenvalue weighted by atomic mass is 35.5. The van der Waals surface area contributed by atoms with Crippen molar-refractivity contribution in [2.24, 2.45) is 0 Å². The van der Waals surface area contributed by atoms with Crippen molar-refractivity contribution in [1.82, 2.24) is 49.8 Å². The third kappa shape index (κ3) is 7.46. The van der Waals surface area contributed by atoms with Gasteiger partial charge in [0, 0.05) is 23.3 Å². The van der Waals surface area contributed by atoms with Crippen molar-refractivity contribution in [1.29, 1.82) is 0 Å². The van der Waals surface area contributed by atoms with Crippen molar-refractivity contribution in [2.45, 2.75) is 13.1 Å². The third-order valence-electron chi connectivity index (χ3n) is 7.60. The minimum atomic E-state index is -1.39. The van der Waals surface area contributed by atoms with Crippen LogP contribution in [0.5, 0.6) is 5.88 Å². The van der Waals surface area contributed by atoms with E-state index in [2.05, 4.69) is 40.4 Å². The first-order chi connectivity index (χ1) is 26.0. The Labute approximate surface area is 309 Å². The number of aromatic hydroxyl groups is 1. The molecule has 0 radical (unpaired) electrons. The number of rotatable bonds is 8. The first-order valence-corrected chi connectivity index (χ1v) is 16.1. The van der Waals surface area contributed by atoms with Gasteiger partial charge < -0.3 is 19.1 Å². The molecule has 8 aromatic rings. The molecule has 0 aliphatic rings. The van der Waals surface area contributed by atoms with Crippen LogP contribution in [0.1, 0.15) is 11.1 Å². The average Bonchev–Trinajstić information content (AvgIpc) is 3.99. The second kappa shape index (κ2) is 15.1. The third-order valence-corrected chi connectivity index (χ3v) is 8.10. The van der Waals surface area contributed by atoms with Gasteiger partial charge in [-0.05, 0) is 24.3 Å². The summed E-state index contributed by atoms with van der Waals surface area (Å²) in [4.78, 5) is 25.1. The summed E-state index contributed by atoms with van der Waals surface area (Å²) in [5.41, 5.74) is 1.95. The minimum Gasteiger partial charge on any atom is -0.491 e. The molecule has 0 saturated heterocycles. The van der Waals surface area contributed by atoms with Crippen molar-refractivity contribution < 1.29 is 31.7 Å². The Morgan fingerprint density at radius 2 is 1.17 bits per heavy atom. The quantitative estimate of drug-likeness (QED) is 0.120. The molecule has 54 heavy (non-hydrogen) atoms. The Bertz CT molecular complexity index is 2620. The Morgan fingerprint density at radius 1 is 0.667 bits per heavy atom. The Morgan fingerprint density at radius 3 is 1.65 bits per heavy atom. The zero-order valence-electron chi connectivity index (χ0n) is 27.0. The monoisotopic (exact) mass is 778 g/mol. The van der Waals surface area contributed by atoms with Gasteiger partial charge >= 0.3 is 0 Å². The average molecular weight is 779 g/mol. The molecule has 6 heterocycles. The predicted molar refractivity (Wildman–Crippen MR) is 183 cm³/mol. The molecular weight excluding hydrogens is 759 g/mol. The number of nitrogens with zero attached hydrogens (tertiary/aromatic N) is 9. The van der Waals surface area contributed by atoms with E-state index in [4.69, 9.17) is 32.2 Å². The van der Waals surface area contributed by atoms with Crippen molar-refractivity contribution in [2.75, 3.05) is 0 Å². The first kappa shape index (κ1) is 35.7. The second-order valence-electron chi connectivity index (χ2n) is 11.1. The van der Waals surface area contributed by atoms with Gasteiger partial charge in [0.05, 0.1) is 24.5 Å². The van der Waals surface area contributed by atoms with Crippen LogP contribution in [0.15, 0.2) is 99.2 Å². The Hall–Kier alpha value is -6.66. The zero-order valence-corrected chi connectivity index (χ0v) is 28.5. The standard InChI is InChI=1S/C17H9Cl2F2N5O.C17H11F2N5O3/c18-15-14(21)16(19)23-17(22-15)12-7-13(11-5-6-27-25-11)26(24-12)8-9-3-1-2-4-10(9)20;18-10-4-2-1-3-9(10)8-24-13(11-5-6-27-23-11)7-12(22-24)15-20-16(25)14(19)17(26)21-15/h1-7H,8H2;1-7H,8H2,(H2,20,21,25,26). The molecule has 0 aliphatic carbocycles. The van der Waals surface area contributed by atoms with E-state index in [1.807, 2.05) is 0 Å². The number of hydrogen-bond donors (Lipinski definition) is 2. The molecule has 272 valence electrons. The summed E-state index contributed by atoms with van der Waals surface area (Å²) in [5.74, 6) is -4.23. The van der Waals surface area contributed by atoms with Gasteiger partial charge in [-0.3, -0.25) is 14.2 Å². The summed E-state index contributed by atoms with van der Waals surface area (Å²) in [6.07, 6.45) is 2.76. The number of aromatic nitrogens is 10. The van der Waals surface area contributed by atoms with E-state index in [0.29, 0.717) is 33.9 Å². The highest BCUT2D eigenvalue weighted by Gasteiger charge is 2.21. The van der Waals surface area contributed by atoms with Gasteiger partial charge in [-0.2, -0.15) is 19.6 Å². The van der Waals surface area contributed by atoms with Crippen molar-refractivity contribution in [3.8, 4) is 51.7 Å².